The molecule has 3 fully saturated rings. The van der Waals surface area contributed by atoms with Gasteiger partial charge in [0.05, 0.1) is 27.4 Å². The first-order valence-electron chi connectivity index (χ1n) is 10.4. The number of aliphatic carboxylic acids is 1. The largest absolute Gasteiger partial charge is 0.481 e. The summed E-state index contributed by atoms with van der Waals surface area (Å²) in [6.07, 6.45) is 11.0. The molecule has 2 bridgehead atoms. The van der Waals surface area contributed by atoms with Crippen LogP contribution in [-0.2, 0) is 4.79 Å². The minimum absolute atomic E-state index is 0.151. The number of aromatic amines is 1. The van der Waals surface area contributed by atoms with Gasteiger partial charge in [0, 0.05) is 35.7 Å². The number of fused-ring (bicyclic) bond motifs is 5. The van der Waals surface area contributed by atoms with E-state index in [0.717, 1.165) is 42.0 Å². The summed E-state index contributed by atoms with van der Waals surface area (Å²) in [4.78, 5) is 29.0. The summed E-state index contributed by atoms with van der Waals surface area (Å²) in [7, 11) is 0. The molecule has 4 aromatic rings. The second-order valence-electron chi connectivity index (χ2n) is 8.60. The van der Waals surface area contributed by atoms with Crippen molar-refractivity contribution in [1.82, 2.24) is 24.5 Å². The van der Waals surface area contributed by atoms with Crippen molar-refractivity contribution >= 4 is 51.2 Å². The van der Waals surface area contributed by atoms with E-state index in [9.17, 15) is 9.90 Å². The Balaban J connectivity index is 1.53. The van der Waals surface area contributed by atoms with Crippen LogP contribution in [0.2, 0.25) is 10.0 Å². The Kier molecular flexibility index (Phi) is 4.27. The molecular formula is C22H19Cl2N5O2. The summed E-state index contributed by atoms with van der Waals surface area (Å²) in [6, 6.07) is 1.68. The number of hydrogen-bond acceptors (Lipinski definition) is 4. The van der Waals surface area contributed by atoms with Crippen molar-refractivity contribution in [2.24, 2.45) is 17.8 Å². The fourth-order valence-electron chi connectivity index (χ4n) is 5.68. The van der Waals surface area contributed by atoms with Gasteiger partial charge in [-0.25, -0.2) is 15.0 Å². The molecule has 0 radical (unpaired) electrons. The lowest BCUT2D eigenvalue weighted by atomic mass is 9.61. The fourth-order valence-corrected chi connectivity index (χ4v) is 6.07. The minimum Gasteiger partial charge on any atom is -0.481 e. The van der Waals surface area contributed by atoms with Crippen molar-refractivity contribution in [1.29, 1.82) is 0 Å². The number of nitrogens with one attached hydrogen (secondary N) is 1. The summed E-state index contributed by atoms with van der Waals surface area (Å²) < 4.78 is 2.00. The van der Waals surface area contributed by atoms with Gasteiger partial charge in [0.1, 0.15) is 11.3 Å². The van der Waals surface area contributed by atoms with Gasteiger partial charge in [-0.05, 0) is 43.6 Å². The van der Waals surface area contributed by atoms with Crippen LogP contribution in [0.25, 0.3) is 33.5 Å². The lowest BCUT2D eigenvalue weighted by Crippen LogP contribution is -2.44. The van der Waals surface area contributed by atoms with E-state index in [0.29, 0.717) is 33.1 Å². The van der Waals surface area contributed by atoms with Crippen molar-refractivity contribution in [2.45, 2.75) is 31.7 Å². The van der Waals surface area contributed by atoms with E-state index < -0.39 is 11.9 Å². The first kappa shape index (κ1) is 19.1. The smallest absolute Gasteiger partial charge is 0.308 e. The van der Waals surface area contributed by atoms with Gasteiger partial charge in [0.2, 0.25) is 0 Å². The highest BCUT2D eigenvalue weighted by molar-refractivity contribution is 6.35. The molecule has 31 heavy (non-hydrogen) atoms. The Labute approximate surface area is 187 Å². The molecule has 9 heteroatoms. The number of aromatic nitrogens is 5. The molecule has 0 aliphatic heterocycles. The zero-order valence-electron chi connectivity index (χ0n) is 16.4. The van der Waals surface area contributed by atoms with Crippen LogP contribution in [0.4, 0.5) is 0 Å². The normalized spacial score (nSPS) is 25.5. The number of carboxylic acids is 1. The second kappa shape index (κ2) is 6.93. The molecule has 0 saturated heterocycles. The quantitative estimate of drug-likeness (QED) is 0.434. The van der Waals surface area contributed by atoms with Crippen LogP contribution >= 0.6 is 23.2 Å². The van der Waals surface area contributed by atoms with Crippen LogP contribution < -0.4 is 0 Å². The molecule has 3 aliphatic carbocycles. The maximum atomic E-state index is 12.2. The molecule has 0 spiro atoms. The van der Waals surface area contributed by atoms with E-state index in [4.69, 9.17) is 28.2 Å². The SMILES string of the molecule is O=C(O)[C@@H]1C2CCC(CC2)C1n1cc(Cl)c2cnc(-c3c[nH]c4ncc(Cl)cc34)nc21. The number of pyridine rings is 1. The van der Waals surface area contributed by atoms with Gasteiger partial charge < -0.3 is 14.7 Å². The van der Waals surface area contributed by atoms with E-state index in [1.807, 2.05) is 23.0 Å². The van der Waals surface area contributed by atoms with Crippen molar-refractivity contribution in [3.63, 3.8) is 0 Å². The average molecular weight is 456 g/mol. The van der Waals surface area contributed by atoms with Gasteiger partial charge in [0.15, 0.2) is 5.82 Å². The molecule has 3 saturated carbocycles. The van der Waals surface area contributed by atoms with Crippen LogP contribution in [0, 0.1) is 17.8 Å². The molecule has 2 atom stereocenters. The Morgan fingerprint density at radius 1 is 1.10 bits per heavy atom. The van der Waals surface area contributed by atoms with Crippen LogP contribution in [0.15, 0.2) is 30.9 Å². The molecule has 1 unspecified atom stereocenters. The minimum atomic E-state index is -0.732. The number of rotatable bonds is 3. The Morgan fingerprint density at radius 3 is 2.65 bits per heavy atom. The van der Waals surface area contributed by atoms with E-state index in [1.165, 1.54) is 0 Å². The standard InChI is InChI=1S/C22H19Cl2N5O2/c23-12-5-13-14(7-26-19(13)25-6-12)20-27-8-15-16(24)9-29(21(15)28-20)18-11-3-1-10(2-4-11)17(18)22(30)31/h5-11,17-18H,1-4H2,(H,25,26)(H,30,31)/t10?,11?,17-,18?/m1/s1. The number of hydrogen-bond donors (Lipinski definition) is 2. The Bertz CT molecular complexity index is 1340. The lowest BCUT2D eigenvalue weighted by molar-refractivity contribution is -0.151. The van der Waals surface area contributed by atoms with Crippen molar-refractivity contribution in [3.05, 3.63) is 40.9 Å². The number of carbonyl (C=O) groups is 1. The maximum absolute atomic E-state index is 12.2. The number of H-pyrrole nitrogens is 1. The molecule has 0 amide bonds. The van der Waals surface area contributed by atoms with Gasteiger partial charge in [-0.2, -0.15) is 0 Å². The van der Waals surface area contributed by atoms with Gasteiger partial charge in [-0.3, -0.25) is 4.79 Å². The third-order valence-corrected chi connectivity index (χ3v) is 7.55. The predicted molar refractivity (Wildman–Crippen MR) is 118 cm³/mol. The van der Waals surface area contributed by atoms with Crippen molar-refractivity contribution in [2.75, 3.05) is 0 Å². The molecule has 4 heterocycles. The molecule has 7 nitrogen and oxygen atoms in total. The maximum Gasteiger partial charge on any atom is 0.308 e. The Hall–Kier alpha value is -2.64. The molecule has 0 aromatic carbocycles. The molecule has 7 rings (SSSR count). The van der Waals surface area contributed by atoms with Crippen LogP contribution in [0.1, 0.15) is 31.7 Å². The van der Waals surface area contributed by atoms with Crippen LogP contribution in [0.5, 0.6) is 0 Å². The molecule has 3 aliphatic rings. The first-order valence-corrected chi connectivity index (χ1v) is 11.2. The monoisotopic (exact) mass is 455 g/mol. The van der Waals surface area contributed by atoms with E-state index in [2.05, 4.69) is 15.0 Å². The van der Waals surface area contributed by atoms with Crippen LogP contribution in [-0.4, -0.2) is 35.6 Å². The lowest BCUT2D eigenvalue weighted by Gasteiger charge is -2.47. The number of nitrogens with zero attached hydrogens (tertiary/aromatic N) is 4. The number of carboxylic acid groups (broad SMARTS) is 1. The third-order valence-electron chi connectivity index (χ3n) is 7.04. The van der Waals surface area contributed by atoms with E-state index in [1.54, 1.807) is 12.4 Å². The molecule has 158 valence electrons. The van der Waals surface area contributed by atoms with E-state index in [-0.39, 0.29) is 12.0 Å². The highest BCUT2D eigenvalue weighted by Gasteiger charge is 2.48. The van der Waals surface area contributed by atoms with Gasteiger partial charge in [-0.1, -0.05) is 23.2 Å². The second-order valence-corrected chi connectivity index (χ2v) is 9.44. The molecular weight excluding hydrogens is 437 g/mol. The predicted octanol–water partition coefficient (Wildman–Crippen LogP) is 5.34. The summed E-state index contributed by atoms with van der Waals surface area (Å²) in [5.41, 5.74) is 2.16. The number of halogens is 2. The van der Waals surface area contributed by atoms with Crippen molar-refractivity contribution in [3.8, 4) is 11.4 Å². The summed E-state index contributed by atoms with van der Waals surface area (Å²) in [6.45, 7) is 0. The zero-order chi connectivity index (χ0) is 21.3. The van der Waals surface area contributed by atoms with Gasteiger partial charge in [0.25, 0.3) is 0 Å². The van der Waals surface area contributed by atoms with Gasteiger partial charge in [-0.15, -0.1) is 0 Å². The molecule has 2 N–H and O–H groups in total. The Morgan fingerprint density at radius 2 is 1.87 bits per heavy atom. The first-order chi connectivity index (χ1) is 15.0. The van der Waals surface area contributed by atoms with Crippen molar-refractivity contribution < 1.29 is 9.90 Å². The zero-order valence-corrected chi connectivity index (χ0v) is 17.9. The third kappa shape index (κ3) is 2.87. The average Bonchev–Trinajstić information content (AvgIpc) is 3.34. The highest BCUT2D eigenvalue weighted by Crippen LogP contribution is 2.52. The fraction of sp³-hybridized carbons (Fsp3) is 0.364. The van der Waals surface area contributed by atoms with Crippen LogP contribution in [0.3, 0.4) is 0 Å². The summed E-state index contributed by atoms with van der Waals surface area (Å²) >= 11 is 12.7. The van der Waals surface area contributed by atoms with E-state index >= 15 is 0 Å². The summed E-state index contributed by atoms with van der Waals surface area (Å²) in [5, 5.41) is 12.6. The van der Waals surface area contributed by atoms with Gasteiger partial charge >= 0.3 is 5.97 Å². The highest BCUT2D eigenvalue weighted by atomic mass is 35.5. The topological polar surface area (TPSA) is 96.7 Å². The molecule has 4 aromatic heterocycles. The summed E-state index contributed by atoms with van der Waals surface area (Å²) in [5.74, 6) is -0.122.